The van der Waals surface area contributed by atoms with Gasteiger partial charge in [-0.25, -0.2) is 9.97 Å². The van der Waals surface area contributed by atoms with Crippen LogP contribution in [0.3, 0.4) is 0 Å². The summed E-state index contributed by atoms with van der Waals surface area (Å²) in [4.78, 5) is 27.6. The summed E-state index contributed by atoms with van der Waals surface area (Å²) in [5.74, 6) is 0.302. The molecule has 1 aromatic carbocycles. The molecule has 6 nitrogen and oxygen atoms in total. The van der Waals surface area contributed by atoms with Crippen LogP contribution in [0.2, 0.25) is 0 Å². The molecule has 1 amide bonds. The SMILES string of the molecule is CCN(c1cccc(C)c1)c1nc(C)cc(C(=O)NCc2ccncc2)n1. The van der Waals surface area contributed by atoms with E-state index in [1.165, 1.54) is 0 Å². The van der Waals surface area contributed by atoms with Gasteiger partial charge >= 0.3 is 0 Å². The van der Waals surface area contributed by atoms with E-state index < -0.39 is 0 Å². The highest BCUT2D eigenvalue weighted by molar-refractivity contribution is 5.92. The van der Waals surface area contributed by atoms with Gasteiger partial charge in [-0.05, 0) is 62.2 Å². The number of nitrogens with zero attached hydrogens (tertiary/aromatic N) is 4. The van der Waals surface area contributed by atoms with Crippen LogP contribution >= 0.6 is 0 Å². The van der Waals surface area contributed by atoms with E-state index in [-0.39, 0.29) is 5.91 Å². The monoisotopic (exact) mass is 361 g/mol. The second-order valence-corrected chi connectivity index (χ2v) is 6.32. The van der Waals surface area contributed by atoms with Gasteiger partial charge in [-0.3, -0.25) is 9.78 Å². The van der Waals surface area contributed by atoms with Crippen LogP contribution in [0.5, 0.6) is 0 Å². The van der Waals surface area contributed by atoms with Crippen LogP contribution in [0.15, 0.2) is 54.9 Å². The molecule has 2 heterocycles. The van der Waals surface area contributed by atoms with Crippen LogP contribution in [0.1, 0.15) is 34.2 Å². The van der Waals surface area contributed by atoms with Gasteiger partial charge in [0.25, 0.3) is 5.91 Å². The van der Waals surface area contributed by atoms with E-state index in [0.29, 0.717) is 24.7 Å². The number of rotatable bonds is 6. The van der Waals surface area contributed by atoms with E-state index in [2.05, 4.69) is 26.3 Å². The molecule has 138 valence electrons. The van der Waals surface area contributed by atoms with E-state index >= 15 is 0 Å². The number of aryl methyl sites for hydroxylation is 2. The van der Waals surface area contributed by atoms with E-state index in [4.69, 9.17) is 0 Å². The lowest BCUT2D eigenvalue weighted by Gasteiger charge is -2.22. The summed E-state index contributed by atoms with van der Waals surface area (Å²) < 4.78 is 0. The van der Waals surface area contributed by atoms with Crippen LogP contribution in [0.4, 0.5) is 11.6 Å². The molecule has 0 aliphatic rings. The van der Waals surface area contributed by atoms with Gasteiger partial charge in [0.1, 0.15) is 5.69 Å². The highest BCUT2D eigenvalue weighted by Crippen LogP contribution is 2.23. The van der Waals surface area contributed by atoms with Crippen LogP contribution < -0.4 is 10.2 Å². The second kappa shape index (κ2) is 8.40. The molecule has 0 saturated heterocycles. The Morgan fingerprint density at radius 1 is 1.07 bits per heavy atom. The van der Waals surface area contributed by atoms with Crippen molar-refractivity contribution >= 4 is 17.5 Å². The average Bonchev–Trinajstić information content (AvgIpc) is 2.67. The first-order valence-corrected chi connectivity index (χ1v) is 8.94. The smallest absolute Gasteiger partial charge is 0.270 e. The van der Waals surface area contributed by atoms with Crippen LogP contribution in [0.25, 0.3) is 0 Å². The third kappa shape index (κ3) is 4.67. The van der Waals surface area contributed by atoms with Crippen LogP contribution in [-0.2, 0) is 6.54 Å². The normalized spacial score (nSPS) is 10.5. The fraction of sp³-hybridized carbons (Fsp3) is 0.238. The van der Waals surface area contributed by atoms with Gasteiger partial charge in [-0.1, -0.05) is 12.1 Å². The van der Waals surface area contributed by atoms with Gasteiger partial charge in [0.05, 0.1) is 0 Å². The van der Waals surface area contributed by atoms with E-state index in [1.807, 2.05) is 56.0 Å². The highest BCUT2D eigenvalue weighted by Gasteiger charge is 2.15. The molecule has 0 radical (unpaired) electrons. The first-order valence-electron chi connectivity index (χ1n) is 8.94. The lowest BCUT2D eigenvalue weighted by Crippen LogP contribution is -2.26. The summed E-state index contributed by atoms with van der Waals surface area (Å²) in [6.07, 6.45) is 3.41. The number of hydrogen-bond acceptors (Lipinski definition) is 5. The predicted octanol–water partition coefficient (Wildman–Crippen LogP) is 3.58. The minimum atomic E-state index is -0.223. The molecular formula is C21H23N5O. The summed E-state index contributed by atoms with van der Waals surface area (Å²) in [5, 5.41) is 2.90. The Morgan fingerprint density at radius 2 is 1.85 bits per heavy atom. The molecule has 0 aliphatic carbocycles. The van der Waals surface area contributed by atoms with E-state index in [0.717, 1.165) is 22.5 Å². The van der Waals surface area contributed by atoms with Gasteiger partial charge in [-0.15, -0.1) is 0 Å². The summed E-state index contributed by atoms with van der Waals surface area (Å²) in [5.41, 5.74) is 4.26. The van der Waals surface area contributed by atoms with Gasteiger partial charge in [0, 0.05) is 36.9 Å². The molecule has 0 saturated carbocycles. The molecule has 1 N–H and O–H groups in total. The Morgan fingerprint density at radius 3 is 2.56 bits per heavy atom. The van der Waals surface area contributed by atoms with Crippen molar-refractivity contribution in [3.63, 3.8) is 0 Å². The standard InChI is InChI=1S/C21H23N5O/c1-4-26(18-7-5-6-15(2)12-18)21-24-16(3)13-19(25-21)20(27)23-14-17-8-10-22-11-9-17/h5-13H,4,14H2,1-3H3,(H,23,27). The minimum absolute atomic E-state index is 0.223. The summed E-state index contributed by atoms with van der Waals surface area (Å²) in [7, 11) is 0. The molecule has 3 rings (SSSR count). The Hall–Kier alpha value is -3.28. The first-order chi connectivity index (χ1) is 13.1. The van der Waals surface area contributed by atoms with Crippen molar-refractivity contribution in [1.29, 1.82) is 0 Å². The molecular weight excluding hydrogens is 338 g/mol. The summed E-state index contributed by atoms with van der Waals surface area (Å²) in [6, 6.07) is 13.6. The van der Waals surface area contributed by atoms with Crippen molar-refractivity contribution in [2.75, 3.05) is 11.4 Å². The molecule has 0 bridgehead atoms. The van der Waals surface area contributed by atoms with Crippen molar-refractivity contribution in [3.8, 4) is 0 Å². The number of carbonyl (C=O) groups excluding carboxylic acids is 1. The quantitative estimate of drug-likeness (QED) is 0.727. The number of benzene rings is 1. The molecule has 0 atom stereocenters. The van der Waals surface area contributed by atoms with Gasteiger partial charge in [0.15, 0.2) is 0 Å². The average molecular weight is 361 g/mol. The molecule has 0 spiro atoms. The third-order valence-corrected chi connectivity index (χ3v) is 4.15. The summed E-state index contributed by atoms with van der Waals surface area (Å²) >= 11 is 0. The van der Waals surface area contributed by atoms with Crippen molar-refractivity contribution in [2.24, 2.45) is 0 Å². The number of pyridine rings is 1. The van der Waals surface area contributed by atoms with Crippen molar-refractivity contribution in [1.82, 2.24) is 20.3 Å². The Labute approximate surface area is 159 Å². The van der Waals surface area contributed by atoms with E-state index in [1.54, 1.807) is 18.5 Å². The fourth-order valence-electron chi connectivity index (χ4n) is 2.80. The topological polar surface area (TPSA) is 71.0 Å². The number of anilines is 2. The molecule has 0 fully saturated rings. The molecule has 0 unspecified atom stereocenters. The number of hydrogen-bond donors (Lipinski definition) is 1. The van der Waals surface area contributed by atoms with Gasteiger partial charge in [-0.2, -0.15) is 0 Å². The number of carbonyl (C=O) groups is 1. The largest absolute Gasteiger partial charge is 0.347 e. The van der Waals surface area contributed by atoms with Gasteiger partial charge in [0.2, 0.25) is 5.95 Å². The third-order valence-electron chi connectivity index (χ3n) is 4.15. The number of aromatic nitrogens is 3. The Kier molecular flexibility index (Phi) is 5.76. The molecule has 6 heteroatoms. The van der Waals surface area contributed by atoms with E-state index in [9.17, 15) is 4.79 Å². The second-order valence-electron chi connectivity index (χ2n) is 6.32. The Bertz CT molecular complexity index is 927. The van der Waals surface area contributed by atoms with Crippen molar-refractivity contribution < 1.29 is 4.79 Å². The summed E-state index contributed by atoms with van der Waals surface area (Å²) in [6.45, 7) is 7.08. The van der Waals surface area contributed by atoms with Crippen molar-refractivity contribution in [2.45, 2.75) is 27.3 Å². The molecule has 0 aliphatic heterocycles. The molecule has 3 aromatic rings. The fourth-order valence-corrected chi connectivity index (χ4v) is 2.80. The zero-order chi connectivity index (χ0) is 19.2. The first kappa shape index (κ1) is 18.5. The maximum absolute atomic E-state index is 12.6. The zero-order valence-corrected chi connectivity index (χ0v) is 15.8. The maximum Gasteiger partial charge on any atom is 0.270 e. The zero-order valence-electron chi connectivity index (χ0n) is 15.8. The lowest BCUT2D eigenvalue weighted by atomic mass is 10.2. The number of amides is 1. The number of nitrogens with one attached hydrogen (secondary N) is 1. The van der Waals surface area contributed by atoms with Gasteiger partial charge < -0.3 is 10.2 Å². The maximum atomic E-state index is 12.6. The lowest BCUT2D eigenvalue weighted by molar-refractivity contribution is 0.0945. The minimum Gasteiger partial charge on any atom is -0.347 e. The van der Waals surface area contributed by atoms with Crippen LogP contribution in [-0.4, -0.2) is 27.4 Å². The van der Waals surface area contributed by atoms with Crippen molar-refractivity contribution in [3.05, 3.63) is 77.4 Å². The predicted molar refractivity (Wildman–Crippen MR) is 106 cm³/mol. The van der Waals surface area contributed by atoms with Crippen LogP contribution in [0, 0.1) is 13.8 Å². The highest BCUT2D eigenvalue weighted by atomic mass is 16.1. The molecule has 2 aromatic heterocycles. The Balaban J connectivity index is 1.83. The molecule has 27 heavy (non-hydrogen) atoms.